The van der Waals surface area contributed by atoms with Crippen molar-refractivity contribution in [1.82, 2.24) is 0 Å². The number of ether oxygens (including phenoxy) is 1. The molecule has 0 saturated heterocycles. The van der Waals surface area contributed by atoms with Gasteiger partial charge in [0.1, 0.15) is 6.10 Å². The maximum atomic E-state index is 11.3. The molecule has 0 heterocycles. The van der Waals surface area contributed by atoms with E-state index in [0.717, 1.165) is 31.6 Å². The van der Waals surface area contributed by atoms with Gasteiger partial charge in [-0.1, -0.05) is 25.5 Å². The van der Waals surface area contributed by atoms with E-state index in [1.54, 1.807) is 0 Å². The van der Waals surface area contributed by atoms with E-state index in [2.05, 4.69) is 19.9 Å². The number of carbonyl (C=O) groups is 1. The van der Waals surface area contributed by atoms with Crippen LogP contribution in [0.4, 0.5) is 0 Å². The Bertz CT molecular complexity index is 553. The molecule has 1 N–H and O–H groups in total. The Balaban J connectivity index is 1.61. The van der Waals surface area contributed by atoms with Crippen LogP contribution in [0, 0.1) is 28.6 Å². The van der Waals surface area contributed by atoms with E-state index in [-0.39, 0.29) is 23.6 Å². The molecule has 128 valence electrons. The summed E-state index contributed by atoms with van der Waals surface area (Å²) in [5.74, 6) is 1.85. The van der Waals surface area contributed by atoms with Crippen molar-refractivity contribution in [2.24, 2.45) is 28.6 Å². The minimum absolute atomic E-state index is 0.0764. The van der Waals surface area contributed by atoms with Gasteiger partial charge in [-0.05, 0) is 67.1 Å². The average Bonchev–Trinajstić information content (AvgIpc) is 2.94. The first kappa shape index (κ1) is 15.7. The highest BCUT2D eigenvalue weighted by Crippen LogP contribution is 2.66. The van der Waals surface area contributed by atoms with Gasteiger partial charge in [0.25, 0.3) is 0 Å². The van der Waals surface area contributed by atoms with Crippen molar-refractivity contribution in [3.05, 3.63) is 11.6 Å². The lowest BCUT2D eigenvalue weighted by atomic mass is 9.55. The largest absolute Gasteiger partial charge is 0.462 e. The van der Waals surface area contributed by atoms with Crippen molar-refractivity contribution in [1.29, 1.82) is 0 Å². The van der Waals surface area contributed by atoms with Crippen molar-refractivity contribution in [2.75, 3.05) is 0 Å². The van der Waals surface area contributed by atoms with Crippen LogP contribution in [0.25, 0.3) is 0 Å². The zero-order chi connectivity index (χ0) is 16.4. The molecule has 4 aliphatic carbocycles. The van der Waals surface area contributed by atoms with Crippen molar-refractivity contribution in [3.63, 3.8) is 0 Å². The number of hydrogen-bond acceptors (Lipinski definition) is 3. The SMILES string of the molecule is CC(=O)OC1CCC2(C)C(=CC3C2CCC2(C)C(O)CCC32)C1. The molecule has 4 rings (SSSR count). The van der Waals surface area contributed by atoms with Crippen LogP contribution in [-0.4, -0.2) is 23.3 Å². The lowest BCUT2D eigenvalue weighted by Crippen LogP contribution is -2.45. The molecule has 0 amide bonds. The predicted octanol–water partition coefficient (Wildman–Crippen LogP) is 3.85. The summed E-state index contributed by atoms with van der Waals surface area (Å²) >= 11 is 0. The van der Waals surface area contributed by atoms with Crippen LogP contribution in [0.3, 0.4) is 0 Å². The Labute approximate surface area is 139 Å². The number of esters is 1. The highest BCUT2D eigenvalue weighted by atomic mass is 16.5. The maximum Gasteiger partial charge on any atom is 0.302 e. The van der Waals surface area contributed by atoms with E-state index < -0.39 is 0 Å². The summed E-state index contributed by atoms with van der Waals surface area (Å²) in [6.07, 6.45) is 10.1. The number of carbonyl (C=O) groups excluding carboxylic acids is 1. The number of rotatable bonds is 1. The van der Waals surface area contributed by atoms with Crippen molar-refractivity contribution < 1.29 is 14.6 Å². The first-order valence-electron chi connectivity index (χ1n) is 9.41. The predicted molar refractivity (Wildman–Crippen MR) is 88.6 cm³/mol. The van der Waals surface area contributed by atoms with E-state index in [4.69, 9.17) is 4.74 Å². The third kappa shape index (κ3) is 2.15. The van der Waals surface area contributed by atoms with E-state index in [0.29, 0.717) is 17.3 Å². The van der Waals surface area contributed by atoms with Gasteiger partial charge in [0, 0.05) is 13.3 Å². The Morgan fingerprint density at radius 3 is 2.70 bits per heavy atom. The molecule has 0 radical (unpaired) electrons. The summed E-state index contributed by atoms with van der Waals surface area (Å²) < 4.78 is 5.50. The van der Waals surface area contributed by atoms with Crippen molar-refractivity contribution in [3.8, 4) is 0 Å². The summed E-state index contributed by atoms with van der Waals surface area (Å²) in [5.41, 5.74) is 1.96. The number of aliphatic hydroxyl groups is 1. The maximum absolute atomic E-state index is 11.3. The fraction of sp³-hybridized carbons (Fsp3) is 0.850. The standard InChI is InChI=1S/C20H30O3/c1-12(21)23-14-6-8-19(2)13(10-14)11-15-16-4-5-18(22)20(16,3)9-7-17(15)19/h11,14-18,22H,4-10H2,1-3H3. The first-order chi connectivity index (χ1) is 10.8. The number of aliphatic hydroxyl groups excluding tert-OH is 1. The zero-order valence-electron chi connectivity index (χ0n) is 14.7. The van der Waals surface area contributed by atoms with Crippen molar-refractivity contribution in [2.45, 2.75) is 77.9 Å². The number of allylic oxidation sites excluding steroid dienone is 1. The van der Waals surface area contributed by atoms with Gasteiger partial charge in [0.05, 0.1) is 6.10 Å². The van der Waals surface area contributed by atoms with E-state index in [1.165, 1.54) is 31.8 Å². The second-order valence-corrected chi connectivity index (χ2v) is 9.01. The van der Waals surface area contributed by atoms with Crippen molar-refractivity contribution >= 4 is 5.97 Å². The van der Waals surface area contributed by atoms with Gasteiger partial charge in [-0.15, -0.1) is 0 Å². The highest BCUT2D eigenvalue weighted by molar-refractivity contribution is 5.66. The first-order valence-corrected chi connectivity index (χ1v) is 9.41. The van der Waals surface area contributed by atoms with Gasteiger partial charge in [0.2, 0.25) is 0 Å². The molecule has 3 nitrogen and oxygen atoms in total. The topological polar surface area (TPSA) is 46.5 Å². The third-order valence-corrected chi connectivity index (χ3v) is 7.99. The molecule has 7 unspecified atom stereocenters. The van der Waals surface area contributed by atoms with Gasteiger partial charge in [0.15, 0.2) is 0 Å². The molecule has 0 spiro atoms. The quantitative estimate of drug-likeness (QED) is 0.590. The van der Waals surface area contributed by atoms with Crippen LogP contribution in [0.15, 0.2) is 11.6 Å². The summed E-state index contributed by atoms with van der Waals surface area (Å²) in [5, 5.41) is 10.5. The average molecular weight is 318 g/mol. The molecule has 3 saturated carbocycles. The molecule has 0 aromatic carbocycles. The monoisotopic (exact) mass is 318 g/mol. The molecule has 23 heavy (non-hydrogen) atoms. The molecule has 7 atom stereocenters. The lowest BCUT2D eigenvalue weighted by Gasteiger charge is -2.50. The van der Waals surface area contributed by atoms with Crippen LogP contribution in [0.2, 0.25) is 0 Å². The summed E-state index contributed by atoms with van der Waals surface area (Å²) in [6, 6.07) is 0. The lowest BCUT2D eigenvalue weighted by molar-refractivity contribution is -0.148. The summed E-state index contributed by atoms with van der Waals surface area (Å²) in [4.78, 5) is 11.3. The highest BCUT2D eigenvalue weighted by Gasteiger charge is 2.59. The summed E-state index contributed by atoms with van der Waals surface area (Å²) in [7, 11) is 0. The van der Waals surface area contributed by atoms with Crippen LogP contribution >= 0.6 is 0 Å². The molecule has 0 aromatic rings. The zero-order valence-corrected chi connectivity index (χ0v) is 14.7. The molecule has 0 aliphatic heterocycles. The minimum Gasteiger partial charge on any atom is -0.462 e. The number of fused-ring (bicyclic) bond motifs is 5. The van der Waals surface area contributed by atoms with Gasteiger partial charge in [-0.3, -0.25) is 4.79 Å². The Morgan fingerprint density at radius 2 is 1.96 bits per heavy atom. The summed E-state index contributed by atoms with van der Waals surface area (Å²) in [6.45, 7) is 6.28. The second-order valence-electron chi connectivity index (χ2n) is 9.01. The van der Waals surface area contributed by atoms with Gasteiger partial charge in [-0.25, -0.2) is 0 Å². The van der Waals surface area contributed by atoms with Crippen LogP contribution in [0.5, 0.6) is 0 Å². The molecule has 3 heteroatoms. The second kappa shape index (κ2) is 5.08. The van der Waals surface area contributed by atoms with E-state index >= 15 is 0 Å². The van der Waals surface area contributed by atoms with Crippen LogP contribution in [0.1, 0.15) is 65.7 Å². The smallest absolute Gasteiger partial charge is 0.302 e. The Morgan fingerprint density at radius 1 is 1.17 bits per heavy atom. The molecular formula is C20H30O3. The molecule has 0 aromatic heterocycles. The van der Waals surface area contributed by atoms with E-state index in [9.17, 15) is 9.90 Å². The Hall–Kier alpha value is -0.830. The van der Waals surface area contributed by atoms with Gasteiger partial charge >= 0.3 is 5.97 Å². The Kier molecular flexibility index (Phi) is 3.46. The van der Waals surface area contributed by atoms with Gasteiger partial charge < -0.3 is 9.84 Å². The molecule has 3 fully saturated rings. The van der Waals surface area contributed by atoms with E-state index in [1.807, 2.05) is 0 Å². The fourth-order valence-electron chi connectivity index (χ4n) is 6.59. The fourth-order valence-corrected chi connectivity index (χ4v) is 6.59. The van der Waals surface area contributed by atoms with Crippen LogP contribution in [-0.2, 0) is 9.53 Å². The molecular weight excluding hydrogens is 288 g/mol. The third-order valence-electron chi connectivity index (χ3n) is 7.99. The number of hydrogen-bond donors (Lipinski definition) is 1. The minimum atomic E-state index is -0.152. The molecule has 0 bridgehead atoms. The van der Waals surface area contributed by atoms with Gasteiger partial charge in [-0.2, -0.15) is 0 Å². The van der Waals surface area contributed by atoms with Crippen LogP contribution < -0.4 is 0 Å². The normalized spacial score (nSPS) is 51.5. The molecule has 4 aliphatic rings.